The van der Waals surface area contributed by atoms with Crippen molar-refractivity contribution in [2.24, 2.45) is 5.41 Å². The normalized spacial score (nSPS) is 27.0. The van der Waals surface area contributed by atoms with Crippen molar-refractivity contribution in [1.82, 2.24) is 15.1 Å². The summed E-state index contributed by atoms with van der Waals surface area (Å²) in [5, 5.41) is 3.46. The highest BCUT2D eigenvalue weighted by Gasteiger charge is 2.44. The Hall–Kier alpha value is -2.21. The van der Waals surface area contributed by atoms with Crippen LogP contribution < -0.4 is 5.32 Å². The number of hydrogen-bond donors (Lipinski definition) is 1. The molecule has 0 bridgehead atoms. The minimum absolute atomic E-state index is 0.121. The maximum atomic E-state index is 13.1. The predicted molar refractivity (Wildman–Crippen MR) is 96.8 cm³/mol. The molecule has 0 aliphatic carbocycles. The Morgan fingerprint density at radius 1 is 1.12 bits per heavy atom. The molecule has 6 nitrogen and oxygen atoms in total. The van der Waals surface area contributed by atoms with E-state index in [4.69, 9.17) is 0 Å². The molecule has 0 saturated carbocycles. The van der Waals surface area contributed by atoms with E-state index in [1.54, 1.807) is 31.2 Å². The quantitative estimate of drug-likeness (QED) is 0.819. The van der Waals surface area contributed by atoms with Crippen molar-refractivity contribution >= 4 is 17.7 Å². The van der Waals surface area contributed by atoms with Gasteiger partial charge in [-0.2, -0.15) is 0 Å². The standard InChI is InChI=1S/C20H25N3O3/c1-14(23-18(25)15-6-2-3-7-16(15)19(23)26)17(24)22-11-5-9-20(13-22)8-4-10-21-12-20/h2-3,6-7,14,21H,4-5,8-13H2,1H3. The van der Waals surface area contributed by atoms with Gasteiger partial charge in [0.25, 0.3) is 11.8 Å². The van der Waals surface area contributed by atoms with E-state index in [9.17, 15) is 14.4 Å². The van der Waals surface area contributed by atoms with Crippen LogP contribution in [0.5, 0.6) is 0 Å². The minimum Gasteiger partial charge on any atom is -0.340 e. The summed E-state index contributed by atoms with van der Waals surface area (Å²) >= 11 is 0. The van der Waals surface area contributed by atoms with E-state index in [-0.39, 0.29) is 23.1 Å². The highest BCUT2D eigenvalue weighted by molar-refractivity contribution is 6.22. The summed E-state index contributed by atoms with van der Waals surface area (Å²) < 4.78 is 0. The van der Waals surface area contributed by atoms with Crippen LogP contribution in [0.2, 0.25) is 0 Å². The molecule has 138 valence electrons. The Labute approximate surface area is 153 Å². The smallest absolute Gasteiger partial charge is 0.262 e. The third-order valence-electron chi connectivity index (χ3n) is 6.10. The second kappa shape index (κ2) is 6.50. The van der Waals surface area contributed by atoms with Crippen molar-refractivity contribution in [3.05, 3.63) is 35.4 Å². The molecule has 3 aliphatic heterocycles. The number of rotatable bonds is 2. The van der Waals surface area contributed by atoms with Crippen molar-refractivity contribution in [2.75, 3.05) is 26.2 Å². The predicted octanol–water partition coefficient (Wildman–Crippen LogP) is 1.66. The molecule has 26 heavy (non-hydrogen) atoms. The number of carbonyl (C=O) groups excluding carboxylic acids is 3. The fraction of sp³-hybridized carbons (Fsp3) is 0.550. The molecule has 4 rings (SSSR count). The number of likely N-dealkylation sites (tertiary alicyclic amines) is 1. The first-order valence-corrected chi connectivity index (χ1v) is 9.49. The topological polar surface area (TPSA) is 69.7 Å². The van der Waals surface area contributed by atoms with E-state index in [1.165, 1.54) is 0 Å². The fourth-order valence-corrected chi connectivity index (χ4v) is 4.71. The lowest BCUT2D eigenvalue weighted by Crippen LogP contribution is -2.56. The third kappa shape index (κ3) is 2.72. The molecule has 3 amide bonds. The van der Waals surface area contributed by atoms with Crippen LogP contribution in [0.25, 0.3) is 0 Å². The zero-order valence-electron chi connectivity index (χ0n) is 15.2. The van der Waals surface area contributed by atoms with Crippen LogP contribution in [0.3, 0.4) is 0 Å². The van der Waals surface area contributed by atoms with E-state index in [0.717, 1.165) is 43.7 Å². The van der Waals surface area contributed by atoms with Gasteiger partial charge in [0, 0.05) is 25.0 Å². The Kier molecular flexibility index (Phi) is 4.31. The first-order valence-electron chi connectivity index (χ1n) is 9.49. The number of benzene rings is 1. The number of nitrogens with one attached hydrogen (secondary N) is 1. The lowest BCUT2D eigenvalue weighted by Gasteiger charge is -2.46. The van der Waals surface area contributed by atoms with E-state index in [2.05, 4.69) is 5.32 Å². The average molecular weight is 355 g/mol. The van der Waals surface area contributed by atoms with Crippen LogP contribution >= 0.6 is 0 Å². The van der Waals surface area contributed by atoms with Crippen LogP contribution in [0.4, 0.5) is 0 Å². The van der Waals surface area contributed by atoms with Gasteiger partial charge in [0.05, 0.1) is 11.1 Å². The summed E-state index contributed by atoms with van der Waals surface area (Å²) in [7, 11) is 0. The van der Waals surface area contributed by atoms with E-state index in [0.29, 0.717) is 24.2 Å². The molecule has 2 atom stereocenters. The first kappa shape index (κ1) is 17.2. The minimum atomic E-state index is -0.769. The Morgan fingerprint density at radius 3 is 2.38 bits per heavy atom. The summed E-state index contributed by atoms with van der Waals surface area (Å²) in [5.41, 5.74) is 0.931. The molecule has 1 aromatic carbocycles. The number of fused-ring (bicyclic) bond motifs is 1. The van der Waals surface area contributed by atoms with E-state index >= 15 is 0 Å². The molecular formula is C20H25N3O3. The van der Waals surface area contributed by atoms with Crippen LogP contribution in [0.1, 0.15) is 53.3 Å². The Bertz CT molecular complexity index is 714. The zero-order chi connectivity index (χ0) is 18.3. The van der Waals surface area contributed by atoms with Gasteiger partial charge in [-0.05, 0) is 51.3 Å². The van der Waals surface area contributed by atoms with Crippen molar-refractivity contribution in [3.8, 4) is 0 Å². The van der Waals surface area contributed by atoms with Crippen molar-refractivity contribution < 1.29 is 14.4 Å². The van der Waals surface area contributed by atoms with Gasteiger partial charge in [0.2, 0.25) is 5.91 Å². The molecular weight excluding hydrogens is 330 g/mol. The maximum absolute atomic E-state index is 13.1. The van der Waals surface area contributed by atoms with Crippen molar-refractivity contribution in [2.45, 2.75) is 38.6 Å². The molecule has 2 saturated heterocycles. The molecule has 2 fully saturated rings. The third-order valence-corrected chi connectivity index (χ3v) is 6.10. The maximum Gasteiger partial charge on any atom is 0.262 e. The second-order valence-electron chi connectivity index (χ2n) is 7.85. The number of amides is 3. The average Bonchev–Trinajstić information content (AvgIpc) is 2.92. The first-order chi connectivity index (χ1) is 12.5. The van der Waals surface area contributed by atoms with Gasteiger partial charge >= 0.3 is 0 Å². The summed E-state index contributed by atoms with van der Waals surface area (Å²) in [6, 6.07) is 6.01. The molecule has 3 aliphatic rings. The Morgan fingerprint density at radius 2 is 1.77 bits per heavy atom. The summed E-state index contributed by atoms with van der Waals surface area (Å²) in [6.07, 6.45) is 4.37. The van der Waals surface area contributed by atoms with Gasteiger partial charge in [0.15, 0.2) is 0 Å². The van der Waals surface area contributed by atoms with Gasteiger partial charge in [-0.15, -0.1) is 0 Å². The van der Waals surface area contributed by atoms with Crippen molar-refractivity contribution in [1.29, 1.82) is 0 Å². The van der Waals surface area contributed by atoms with E-state index < -0.39 is 6.04 Å². The molecule has 0 radical (unpaired) electrons. The zero-order valence-corrected chi connectivity index (χ0v) is 15.2. The van der Waals surface area contributed by atoms with Gasteiger partial charge in [-0.3, -0.25) is 19.3 Å². The van der Waals surface area contributed by atoms with Crippen LogP contribution in [0, 0.1) is 5.41 Å². The number of hydrogen-bond acceptors (Lipinski definition) is 4. The molecule has 1 spiro atoms. The number of imide groups is 1. The SMILES string of the molecule is CC(C(=O)N1CCCC2(CCCNC2)C1)N1C(=O)c2ccccc2C1=O. The lowest BCUT2D eigenvalue weighted by atomic mass is 9.74. The number of piperidine rings is 2. The number of carbonyl (C=O) groups is 3. The second-order valence-corrected chi connectivity index (χ2v) is 7.85. The fourth-order valence-electron chi connectivity index (χ4n) is 4.71. The molecule has 6 heteroatoms. The van der Waals surface area contributed by atoms with Crippen molar-refractivity contribution in [3.63, 3.8) is 0 Å². The van der Waals surface area contributed by atoms with Crippen LogP contribution in [-0.2, 0) is 4.79 Å². The van der Waals surface area contributed by atoms with Gasteiger partial charge in [-0.1, -0.05) is 12.1 Å². The lowest BCUT2D eigenvalue weighted by molar-refractivity contribution is -0.138. The summed E-state index contributed by atoms with van der Waals surface area (Å²) in [4.78, 5) is 41.4. The monoisotopic (exact) mass is 355 g/mol. The molecule has 1 N–H and O–H groups in total. The van der Waals surface area contributed by atoms with Gasteiger partial charge in [0.1, 0.15) is 6.04 Å². The summed E-state index contributed by atoms with van der Waals surface area (Å²) in [6.45, 7) is 5.07. The van der Waals surface area contributed by atoms with Crippen LogP contribution in [-0.4, -0.2) is 59.7 Å². The molecule has 0 aromatic heterocycles. The van der Waals surface area contributed by atoms with Gasteiger partial charge < -0.3 is 10.2 Å². The molecule has 1 aromatic rings. The highest BCUT2D eigenvalue weighted by Crippen LogP contribution is 2.36. The molecule has 3 heterocycles. The Balaban J connectivity index is 1.52. The van der Waals surface area contributed by atoms with Gasteiger partial charge in [-0.25, -0.2) is 0 Å². The highest BCUT2D eigenvalue weighted by atomic mass is 16.2. The largest absolute Gasteiger partial charge is 0.340 e. The number of nitrogens with zero attached hydrogens (tertiary/aromatic N) is 2. The van der Waals surface area contributed by atoms with Crippen LogP contribution in [0.15, 0.2) is 24.3 Å². The van der Waals surface area contributed by atoms with E-state index in [1.807, 2.05) is 4.90 Å². The summed E-state index contributed by atoms with van der Waals surface area (Å²) in [5.74, 6) is -0.848. The molecule has 2 unspecified atom stereocenters.